The summed E-state index contributed by atoms with van der Waals surface area (Å²) in [6, 6.07) is 7.45. The summed E-state index contributed by atoms with van der Waals surface area (Å²) in [6.07, 6.45) is 0. The van der Waals surface area contributed by atoms with Gasteiger partial charge in [0.25, 0.3) is 0 Å². The van der Waals surface area contributed by atoms with Crippen LogP contribution in [0.4, 0.5) is 0 Å². The van der Waals surface area contributed by atoms with Crippen molar-refractivity contribution in [3.63, 3.8) is 0 Å². The third-order valence-corrected chi connectivity index (χ3v) is 2.67. The maximum absolute atomic E-state index is 8.59. The number of para-hydroxylation sites is 1. The number of hydrogen-bond acceptors (Lipinski definition) is 5. The van der Waals surface area contributed by atoms with Crippen molar-refractivity contribution in [2.45, 2.75) is 0 Å². The van der Waals surface area contributed by atoms with Crippen LogP contribution < -0.4 is 10.5 Å². The molecule has 5 nitrogen and oxygen atoms in total. The monoisotopic (exact) mass is 281 g/mol. The van der Waals surface area contributed by atoms with Crippen molar-refractivity contribution in [2.24, 2.45) is 5.73 Å². The minimum atomic E-state index is -0.00717. The Morgan fingerprint density at radius 3 is 2.79 bits per heavy atom. The molecule has 3 N–H and O–H groups in total. The summed E-state index contributed by atoms with van der Waals surface area (Å²) >= 11 is 4.95. The molecule has 0 aliphatic rings. The highest BCUT2D eigenvalue weighted by Gasteiger charge is 2.17. The van der Waals surface area contributed by atoms with Crippen molar-refractivity contribution in [2.75, 3.05) is 26.4 Å². The van der Waals surface area contributed by atoms with Gasteiger partial charge in [-0.15, -0.1) is 0 Å². The minimum absolute atomic E-state index is 0.00717. The zero-order valence-electron chi connectivity index (χ0n) is 10.3. The molecule has 0 spiro atoms. The first-order valence-corrected chi connectivity index (χ1v) is 6.27. The predicted octanol–water partition coefficient (Wildman–Crippen LogP) is 1.45. The lowest BCUT2D eigenvalue weighted by molar-refractivity contribution is 0.0706. The third kappa shape index (κ3) is 3.23. The van der Waals surface area contributed by atoms with E-state index in [4.69, 9.17) is 36.9 Å². The van der Waals surface area contributed by atoms with Gasteiger partial charge in [-0.1, -0.05) is 24.4 Å². The average molecular weight is 281 g/mol. The highest BCUT2D eigenvalue weighted by molar-refractivity contribution is 7.80. The molecule has 0 saturated carbocycles. The second kappa shape index (κ2) is 6.51. The number of rotatable bonds is 7. The molecule has 0 aliphatic heterocycles. The van der Waals surface area contributed by atoms with E-state index in [0.717, 1.165) is 5.39 Å². The first-order valence-electron chi connectivity index (χ1n) is 5.86. The van der Waals surface area contributed by atoms with Crippen molar-refractivity contribution < 1.29 is 19.0 Å². The molecule has 2 aromatic rings. The van der Waals surface area contributed by atoms with Crippen molar-refractivity contribution in [3.8, 4) is 5.75 Å². The summed E-state index contributed by atoms with van der Waals surface area (Å²) in [7, 11) is 0. The molecule has 2 rings (SSSR count). The Morgan fingerprint density at radius 1 is 1.26 bits per heavy atom. The van der Waals surface area contributed by atoms with Crippen LogP contribution in [0.15, 0.2) is 28.7 Å². The number of thiocarbonyl (C=S) groups is 1. The van der Waals surface area contributed by atoms with Crippen LogP contribution in [0.3, 0.4) is 0 Å². The molecule has 1 aromatic carbocycles. The molecule has 19 heavy (non-hydrogen) atoms. The van der Waals surface area contributed by atoms with Gasteiger partial charge in [0, 0.05) is 0 Å². The summed E-state index contributed by atoms with van der Waals surface area (Å²) in [5.41, 5.74) is 6.30. The Balaban J connectivity index is 2.15. The summed E-state index contributed by atoms with van der Waals surface area (Å²) in [5.74, 6) is 0.911. The molecular formula is C13H15NO4S. The van der Waals surface area contributed by atoms with E-state index in [9.17, 15) is 0 Å². The van der Waals surface area contributed by atoms with Gasteiger partial charge in [0.1, 0.15) is 17.2 Å². The SMILES string of the molecule is NC(=S)c1oc2ccccc2c1OCCOCCO. The molecule has 1 heterocycles. The van der Waals surface area contributed by atoms with Gasteiger partial charge in [-0.3, -0.25) is 0 Å². The van der Waals surface area contributed by atoms with E-state index >= 15 is 0 Å². The Morgan fingerprint density at radius 2 is 2.05 bits per heavy atom. The van der Waals surface area contributed by atoms with Crippen molar-refractivity contribution >= 4 is 28.2 Å². The van der Waals surface area contributed by atoms with E-state index in [0.29, 0.717) is 30.3 Å². The van der Waals surface area contributed by atoms with Crippen LogP contribution in [0.5, 0.6) is 5.75 Å². The number of furan rings is 1. The lowest BCUT2D eigenvalue weighted by Crippen LogP contribution is -2.13. The van der Waals surface area contributed by atoms with Gasteiger partial charge >= 0.3 is 0 Å². The maximum Gasteiger partial charge on any atom is 0.204 e. The van der Waals surface area contributed by atoms with E-state index < -0.39 is 0 Å². The molecule has 0 unspecified atom stereocenters. The normalized spacial score (nSPS) is 10.8. The number of aliphatic hydroxyl groups excluding tert-OH is 1. The van der Waals surface area contributed by atoms with Gasteiger partial charge in [-0.05, 0) is 12.1 Å². The second-order valence-corrected chi connectivity index (χ2v) is 4.24. The Hall–Kier alpha value is -1.63. The molecule has 0 radical (unpaired) electrons. The van der Waals surface area contributed by atoms with Crippen molar-refractivity contribution in [3.05, 3.63) is 30.0 Å². The van der Waals surface area contributed by atoms with Gasteiger partial charge in [0.15, 0.2) is 5.75 Å². The number of fused-ring (bicyclic) bond motifs is 1. The van der Waals surface area contributed by atoms with E-state index in [-0.39, 0.29) is 18.2 Å². The van der Waals surface area contributed by atoms with Crippen LogP contribution in [0.1, 0.15) is 5.76 Å². The lowest BCUT2D eigenvalue weighted by atomic mass is 10.2. The number of hydrogen-bond donors (Lipinski definition) is 2. The molecule has 6 heteroatoms. The largest absolute Gasteiger partial charge is 0.486 e. The van der Waals surface area contributed by atoms with E-state index in [1.165, 1.54) is 0 Å². The maximum atomic E-state index is 8.59. The van der Waals surface area contributed by atoms with Crippen LogP contribution in [0.25, 0.3) is 11.0 Å². The van der Waals surface area contributed by atoms with Gasteiger partial charge in [-0.2, -0.15) is 0 Å². The van der Waals surface area contributed by atoms with Crippen LogP contribution in [-0.4, -0.2) is 36.5 Å². The summed E-state index contributed by atoms with van der Waals surface area (Å²) in [6.45, 7) is 0.987. The summed E-state index contributed by atoms with van der Waals surface area (Å²) in [5, 5.41) is 9.42. The highest BCUT2D eigenvalue weighted by atomic mass is 32.1. The Labute approximate surface area is 115 Å². The predicted molar refractivity (Wildman–Crippen MR) is 75.5 cm³/mol. The van der Waals surface area contributed by atoms with Crippen LogP contribution in [-0.2, 0) is 4.74 Å². The summed E-state index contributed by atoms with van der Waals surface area (Å²) in [4.78, 5) is 0.155. The first-order chi connectivity index (χ1) is 9.24. The van der Waals surface area contributed by atoms with Gasteiger partial charge in [0.05, 0.1) is 25.2 Å². The minimum Gasteiger partial charge on any atom is -0.486 e. The molecule has 102 valence electrons. The fourth-order valence-electron chi connectivity index (χ4n) is 1.70. The molecule has 0 bridgehead atoms. The molecule has 0 saturated heterocycles. The van der Waals surface area contributed by atoms with Crippen LogP contribution in [0.2, 0.25) is 0 Å². The average Bonchev–Trinajstić information content (AvgIpc) is 2.78. The van der Waals surface area contributed by atoms with Crippen molar-refractivity contribution in [1.82, 2.24) is 0 Å². The fraction of sp³-hybridized carbons (Fsp3) is 0.308. The van der Waals surface area contributed by atoms with E-state index in [2.05, 4.69) is 0 Å². The number of benzene rings is 1. The second-order valence-electron chi connectivity index (χ2n) is 3.81. The number of ether oxygens (including phenoxy) is 2. The zero-order chi connectivity index (χ0) is 13.7. The first kappa shape index (κ1) is 13.8. The number of nitrogens with two attached hydrogens (primary N) is 1. The fourth-order valence-corrected chi connectivity index (χ4v) is 1.83. The zero-order valence-corrected chi connectivity index (χ0v) is 11.1. The Kier molecular flexibility index (Phi) is 4.73. The molecule has 0 amide bonds. The Bertz CT molecular complexity index is 567. The van der Waals surface area contributed by atoms with Crippen molar-refractivity contribution in [1.29, 1.82) is 0 Å². The quantitative estimate of drug-likeness (QED) is 0.591. The standard InChI is InChI=1S/C13H15NO4S/c14-13(19)12-11(17-8-7-16-6-5-15)9-3-1-2-4-10(9)18-12/h1-4,15H,5-8H2,(H2,14,19). The van der Waals surface area contributed by atoms with E-state index in [1.807, 2.05) is 24.3 Å². The lowest BCUT2D eigenvalue weighted by Gasteiger charge is -2.06. The van der Waals surface area contributed by atoms with Gasteiger partial charge in [0.2, 0.25) is 5.76 Å². The summed E-state index contributed by atoms with van der Waals surface area (Å²) < 4.78 is 16.3. The molecule has 0 fully saturated rings. The smallest absolute Gasteiger partial charge is 0.204 e. The highest BCUT2D eigenvalue weighted by Crippen LogP contribution is 2.32. The molecule has 0 atom stereocenters. The topological polar surface area (TPSA) is 77.9 Å². The van der Waals surface area contributed by atoms with E-state index in [1.54, 1.807) is 0 Å². The number of aliphatic hydroxyl groups is 1. The van der Waals surface area contributed by atoms with Crippen LogP contribution >= 0.6 is 12.2 Å². The van der Waals surface area contributed by atoms with Crippen LogP contribution in [0, 0.1) is 0 Å². The molecular weight excluding hydrogens is 266 g/mol. The molecule has 1 aromatic heterocycles. The third-order valence-electron chi connectivity index (χ3n) is 2.48. The van der Waals surface area contributed by atoms with Gasteiger partial charge < -0.3 is 24.7 Å². The van der Waals surface area contributed by atoms with Gasteiger partial charge in [-0.25, -0.2) is 0 Å². The molecule has 0 aliphatic carbocycles.